The molecular weight excluding hydrogens is 278 g/mol. The first-order chi connectivity index (χ1) is 9.63. The largest absolute Gasteiger partial charge is 0.549 e. The third-order valence-electron chi connectivity index (χ3n) is 2.95. The van der Waals surface area contributed by atoms with E-state index in [9.17, 15) is 9.90 Å². The van der Waals surface area contributed by atoms with Crippen LogP contribution >= 0.6 is 11.8 Å². The quantitative estimate of drug-likeness (QED) is 0.790. The lowest BCUT2D eigenvalue weighted by Gasteiger charge is -2.19. The van der Waals surface area contributed by atoms with Gasteiger partial charge in [-0.2, -0.15) is 0 Å². The van der Waals surface area contributed by atoms with Gasteiger partial charge >= 0.3 is 0 Å². The zero-order valence-corrected chi connectivity index (χ0v) is 11.7. The number of benzene rings is 1. The topological polar surface area (TPSA) is 71.5 Å². The molecule has 0 fully saturated rings. The summed E-state index contributed by atoms with van der Waals surface area (Å²) >= 11 is 1.16. The zero-order chi connectivity index (χ0) is 14.1. The predicted molar refractivity (Wildman–Crippen MR) is 73.2 cm³/mol. The zero-order valence-electron chi connectivity index (χ0n) is 10.8. The summed E-state index contributed by atoms with van der Waals surface area (Å²) in [6, 6.07) is 5.70. The summed E-state index contributed by atoms with van der Waals surface area (Å²) < 4.78 is 11.1. The first kappa shape index (κ1) is 13.1. The summed E-state index contributed by atoms with van der Waals surface area (Å²) in [5, 5.41) is 12.2. The van der Waals surface area contributed by atoms with Gasteiger partial charge in [0.05, 0.1) is 16.5 Å². The second-order valence-corrected chi connectivity index (χ2v) is 5.42. The lowest BCUT2D eigenvalue weighted by Crippen LogP contribution is -2.24. The normalized spacial score (nSPS) is 13.4. The van der Waals surface area contributed by atoms with Crippen LogP contribution in [0.1, 0.15) is 5.56 Å². The summed E-state index contributed by atoms with van der Waals surface area (Å²) in [4.78, 5) is 15.0. The first-order valence-electron chi connectivity index (χ1n) is 6.17. The number of hydrogen-bond acceptors (Lipinski definition) is 6. The highest BCUT2D eigenvalue weighted by molar-refractivity contribution is 7.99. The maximum atomic E-state index is 10.5. The molecule has 1 aromatic heterocycles. The molecule has 2 heterocycles. The van der Waals surface area contributed by atoms with Gasteiger partial charge in [0.25, 0.3) is 0 Å². The monoisotopic (exact) mass is 290 g/mol. The van der Waals surface area contributed by atoms with E-state index in [-0.39, 0.29) is 5.75 Å². The maximum Gasteiger partial charge on any atom is 0.163 e. The molecule has 0 aliphatic carbocycles. The molecule has 0 unspecified atom stereocenters. The Morgan fingerprint density at radius 2 is 2.00 bits per heavy atom. The summed E-state index contributed by atoms with van der Waals surface area (Å²) in [6.45, 7) is 2.97. The van der Waals surface area contributed by atoms with Gasteiger partial charge in [0.2, 0.25) is 0 Å². The molecule has 0 saturated carbocycles. The Morgan fingerprint density at radius 1 is 1.30 bits per heavy atom. The Labute approximate surface area is 119 Å². The van der Waals surface area contributed by atoms with Crippen LogP contribution in [0.2, 0.25) is 0 Å². The fourth-order valence-corrected chi connectivity index (χ4v) is 2.78. The number of aromatic nitrogens is 1. The van der Waals surface area contributed by atoms with Gasteiger partial charge in [-0.05, 0) is 24.6 Å². The number of nitrogens with zero attached hydrogens (tertiary/aromatic N) is 1. The molecule has 0 atom stereocenters. The molecule has 104 valence electrons. The minimum Gasteiger partial charge on any atom is -0.549 e. The van der Waals surface area contributed by atoms with Gasteiger partial charge in [-0.3, -0.25) is 0 Å². The molecule has 3 rings (SSSR count). The van der Waals surface area contributed by atoms with Crippen molar-refractivity contribution in [1.29, 1.82) is 0 Å². The van der Waals surface area contributed by atoms with Crippen molar-refractivity contribution in [3.63, 3.8) is 0 Å². The molecule has 1 aliphatic rings. The second kappa shape index (κ2) is 5.20. The predicted octanol–water partition coefficient (Wildman–Crippen LogP) is 1.16. The number of hydrogen-bond donors (Lipinski definition) is 0. The number of aliphatic carboxylic acids is 1. The number of carbonyl (C=O) groups excluding carboxylic acids is 1. The van der Waals surface area contributed by atoms with Crippen LogP contribution in [0.4, 0.5) is 0 Å². The Hall–Kier alpha value is -1.95. The Bertz CT molecular complexity index is 686. The molecule has 1 aromatic carbocycles. The maximum absolute atomic E-state index is 10.5. The average molecular weight is 290 g/mol. The number of pyridine rings is 1. The number of aryl methyl sites for hydroxylation is 1. The summed E-state index contributed by atoms with van der Waals surface area (Å²) in [5.41, 5.74) is 1.70. The van der Waals surface area contributed by atoms with Gasteiger partial charge < -0.3 is 19.4 Å². The number of rotatable bonds is 3. The molecule has 1 aliphatic heterocycles. The van der Waals surface area contributed by atoms with E-state index < -0.39 is 5.97 Å². The van der Waals surface area contributed by atoms with Gasteiger partial charge in [0.1, 0.15) is 13.2 Å². The minimum atomic E-state index is -1.10. The van der Waals surface area contributed by atoms with Crippen molar-refractivity contribution >= 4 is 28.6 Å². The van der Waals surface area contributed by atoms with Gasteiger partial charge in [0, 0.05) is 17.2 Å². The number of carboxylic acid groups (broad SMARTS) is 1. The van der Waals surface area contributed by atoms with E-state index in [0.717, 1.165) is 34.0 Å². The molecule has 0 amide bonds. The fourth-order valence-electron chi connectivity index (χ4n) is 2.07. The van der Waals surface area contributed by atoms with E-state index in [0.29, 0.717) is 24.0 Å². The molecule has 0 bridgehead atoms. The number of ether oxygens (including phenoxy) is 2. The van der Waals surface area contributed by atoms with E-state index in [1.54, 1.807) is 0 Å². The van der Waals surface area contributed by atoms with E-state index in [1.165, 1.54) is 0 Å². The Balaban J connectivity index is 2.02. The van der Waals surface area contributed by atoms with Gasteiger partial charge in [-0.25, -0.2) is 4.98 Å². The third kappa shape index (κ3) is 2.51. The lowest BCUT2D eigenvalue weighted by molar-refractivity contribution is -0.301. The molecule has 2 aromatic rings. The second-order valence-electron chi connectivity index (χ2n) is 4.46. The SMILES string of the molecule is Cc1cc2cc3c(cc2nc1SCC(=O)[O-])OCCO3. The highest BCUT2D eigenvalue weighted by atomic mass is 32.2. The average Bonchev–Trinajstić information content (AvgIpc) is 2.43. The summed E-state index contributed by atoms with van der Waals surface area (Å²) in [6.07, 6.45) is 0. The van der Waals surface area contributed by atoms with Crippen LogP contribution in [0.25, 0.3) is 10.9 Å². The van der Waals surface area contributed by atoms with Crippen LogP contribution in [0.5, 0.6) is 11.5 Å². The van der Waals surface area contributed by atoms with Crippen molar-refractivity contribution in [3.8, 4) is 11.5 Å². The summed E-state index contributed by atoms with van der Waals surface area (Å²) in [7, 11) is 0. The lowest BCUT2D eigenvalue weighted by atomic mass is 10.1. The number of fused-ring (bicyclic) bond motifs is 2. The van der Waals surface area contributed by atoms with Crippen LogP contribution in [0.3, 0.4) is 0 Å². The standard InChI is InChI=1S/C14H13NO4S/c1-8-4-9-5-11-12(19-3-2-18-11)6-10(9)15-14(8)20-7-13(16)17/h4-6H,2-3,7H2,1H3,(H,16,17)/p-1. The van der Waals surface area contributed by atoms with E-state index in [4.69, 9.17) is 9.47 Å². The molecular formula is C14H12NO4S-. The van der Waals surface area contributed by atoms with Crippen molar-refractivity contribution in [2.75, 3.05) is 19.0 Å². The Morgan fingerprint density at radius 3 is 2.70 bits per heavy atom. The van der Waals surface area contributed by atoms with Gasteiger partial charge in [-0.15, -0.1) is 11.8 Å². The smallest absolute Gasteiger partial charge is 0.163 e. The highest BCUT2D eigenvalue weighted by Crippen LogP contribution is 2.35. The van der Waals surface area contributed by atoms with Crippen LogP contribution in [-0.4, -0.2) is 29.9 Å². The van der Waals surface area contributed by atoms with E-state index in [2.05, 4.69) is 4.98 Å². The number of carbonyl (C=O) groups is 1. The molecule has 5 nitrogen and oxygen atoms in total. The van der Waals surface area contributed by atoms with Crippen LogP contribution in [0.15, 0.2) is 23.2 Å². The van der Waals surface area contributed by atoms with Crippen molar-refractivity contribution in [2.45, 2.75) is 11.9 Å². The van der Waals surface area contributed by atoms with E-state index in [1.807, 2.05) is 25.1 Å². The minimum absolute atomic E-state index is 0.107. The number of thioether (sulfide) groups is 1. The molecule has 20 heavy (non-hydrogen) atoms. The van der Waals surface area contributed by atoms with E-state index >= 15 is 0 Å². The molecule has 0 N–H and O–H groups in total. The van der Waals surface area contributed by atoms with Gasteiger partial charge in [0.15, 0.2) is 11.5 Å². The molecule has 0 spiro atoms. The fraction of sp³-hybridized carbons (Fsp3) is 0.286. The third-order valence-corrected chi connectivity index (χ3v) is 4.02. The van der Waals surface area contributed by atoms with Crippen molar-refractivity contribution in [3.05, 3.63) is 23.8 Å². The van der Waals surface area contributed by atoms with Crippen molar-refractivity contribution in [2.24, 2.45) is 0 Å². The molecule has 0 saturated heterocycles. The van der Waals surface area contributed by atoms with Crippen molar-refractivity contribution < 1.29 is 19.4 Å². The Kier molecular flexibility index (Phi) is 3.40. The van der Waals surface area contributed by atoms with Crippen LogP contribution in [-0.2, 0) is 4.79 Å². The first-order valence-corrected chi connectivity index (χ1v) is 7.16. The van der Waals surface area contributed by atoms with Crippen molar-refractivity contribution in [1.82, 2.24) is 4.98 Å². The molecule has 6 heteroatoms. The highest BCUT2D eigenvalue weighted by Gasteiger charge is 2.14. The molecule has 0 radical (unpaired) electrons. The van der Waals surface area contributed by atoms with Gasteiger partial charge in [-0.1, -0.05) is 0 Å². The number of carboxylic acids is 1. The summed E-state index contributed by atoms with van der Waals surface area (Å²) in [5.74, 6) is 0.193. The van der Waals surface area contributed by atoms with Crippen LogP contribution in [0, 0.1) is 6.92 Å². The van der Waals surface area contributed by atoms with Crippen LogP contribution < -0.4 is 14.6 Å².